The van der Waals surface area contributed by atoms with Gasteiger partial charge in [0, 0.05) is 38.4 Å². The lowest BCUT2D eigenvalue weighted by Crippen LogP contribution is -2.02. The monoisotopic (exact) mass is 272 g/mol. The second kappa shape index (κ2) is 5.92. The number of carbonyl (C=O) groups is 2. The molecule has 2 rings (SSSR count). The fraction of sp³-hybridized carbons (Fsp3) is 0.143. The van der Waals surface area contributed by atoms with Crippen molar-refractivity contribution in [2.75, 3.05) is 0 Å². The van der Waals surface area contributed by atoms with E-state index >= 15 is 0 Å². The van der Waals surface area contributed by atoms with Gasteiger partial charge in [0.25, 0.3) is 0 Å². The quantitative estimate of drug-likeness (QED) is 0.795. The zero-order chi connectivity index (χ0) is 14.5. The van der Waals surface area contributed by atoms with Crippen molar-refractivity contribution in [1.29, 1.82) is 0 Å². The molecule has 2 aromatic heterocycles. The maximum Gasteiger partial charge on any atom is 0.308 e. The van der Waals surface area contributed by atoms with Crippen molar-refractivity contribution >= 4 is 11.9 Å². The molecule has 0 bridgehead atoms. The van der Waals surface area contributed by atoms with Crippen LogP contribution in [0.4, 0.5) is 0 Å². The lowest BCUT2D eigenvalue weighted by atomic mass is 10.2. The lowest BCUT2D eigenvalue weighted by Gasteiger charge is -2.05. The van der Waals surface area contributed by atoms with E-state index < -0.39 is 11.9 Å². The molecule has 0 amide bonds. The average Bonchev–Trinajstić information content (AvgIpc) is 2.38. The fourth-order valence-electron chi connectivity index (χ4n) is 1.56. The highest BCUT2D eigenvalue weighted by atomic mass is 16.5. The highest BCUT2D eigenvalue weighted by Crippen LogP contribution is 2.23. The minimum absolute atomic E-state index is 0.377. The van der Waals surface area contributed by atoms with Crippen LogP contribution in [0.3, 0.4) is 0 Å². The van der Waals surface area contributed by atoms with E-state index in [0.717, 1.165) is 0 Å². The van der Waals surface area contributed by atoms with Crippen molar-refractivity contribution in [3.05, 3.63) is 36.7 Å². The summed E-state index contributed by atoms with van der Waals surface area (Å²) >= 11 is 0. The van der Waals surface area contributed by atoms with Crippen molar-refractivity contribution in [3.8, 4) is 22.9 Å². The Labute approximate surface area is 115 Å². The van der Waals surface area contributed by atoms with Gasteiger partial charge in [-0.05, 0) is 12.1 Å². The number of esters is 2. The van der Waals surface area contributed by atoms with Crippen molar-refractivity contribution < 1.29 is 19.1 Å². The van der Waals surface area contributed by atoms with Crippen LogP contribution in [0.1, 0.15) is 13.8 Å². The van der Waals surface area contributed by atoms with E-state index in [9.17, 15) is 9.59 Å². The third kappa shape index (κ3) is 3.61. The smallest absolute Gasteiger partial charge is 0.308 e. The molecular weight excluding hydrogens is 260 g/mol. The van der Waals surface area contributed by atoms with Crippen LogP contribution < -0.4 is 9.47 Å². The molecule has 0 fully saturated rings. The predicted octanol–water partition coefficient (Wildman–Crippen LogP) is 1.99. The Hall–Kier alpha value is -2.76. The highest BCUT2D eigenvalue weighted by molar-refractivity contribution is 5.71. The molecule has 0 atom stereocenters. The van der Waals surface area contributed by atoms with Crippen molar-refractivity contribution in [3.63, 3.8) is 0 Å². The molecule has 6 nitrogen and oxygen atoms in total. The molecule has 0 saturated heterocycles. The average molecular weight is 272 g/mol. The molecule has 2 aromatic rings. The number of nitrogens with zero attached hydrogens (tertiary/aromatic N) is 2. The summed E-state index contributed by atoms with van der Waals surface area (Å²) in [6.07, 6.45) is 3.02. The summed E-state index contributed by atoms with van der Waals surface area (Å²) in [5.74, 6) is -0.0723. The van der Waals surface area contributed by atoms with Gasteiger partial charge in [0.1, 0.15) is 11.5 Å². The molecule has 20 heavy (non-hydrogen) atoms. The standard InChI is InChI=1S/C14H12N2O4/c1-9(17)19-11-3-5-15-13(7-11)14-8-12(4-6-16-14)20-10(2)18/h3-8H,1-2H3. The molecule has 0 N–H and O–H groups in total. The Balaban J connectivity index is 2.31. The van der Waals surface area contributed by atoms with Gasteiger partial charge in [-0.15, -0.1) is 0 Å². The van der Waals surface area contributed by atoms with Gasteiger partial charge in [0.15, 0.2) is 0 Å². The van der Waals surface area contributed by atoms with Crippen LogP contribution in [-0.4, -0.2) is 21.9 Å². The maximum atomic E-state index is 10.9. The van der Waals surface area contributed by atoms with E-state index in [1.165, 1.54) is 26.2 Å². The first-order chi connectivity index (χ1) is 9.54. The molecule has 6 heteroatoms. The molecule has 0 aliphatic rings. The van der Waals surface area contributed by atoms with Crippen LogP contribution in [0.5, 0.6) is 11.5 Å². The first kappa shape index (κ1) is 13.7. The van der Waals surface area contributed by atoms with E-state index in [-0.39, 0.29) is 0 Å². The number of hydrogen-bond donors (Lipinski definition) is 0. The fourth-order valence-corrected chi connectivity index (χ4v) is 1.56. The van der Waals surface area contributed by atoms with Crippen molar-refractivity contribution in [2.45, 2.75) is 13.8 Å². The topological polar surface area (TPSA) is 78.4 Å². The SMILES string of the molecule is CC(=O)Oc1ccnc(-c2cc(OC(C)=O)ccn2)c1. The van der Waals surface area contributed by atoms with E-state index in [4.69, 9.17) is 9.47 Å². The molecular formula is C14H12N2O4. The largest absolute Gasteiger partial charge is 0.427 e. The van der Waals surface area contributed by atoms with Gasteiger partial charge < -0.3 is 9.47 Å². The van der Waals surface area contributed by atoms with Crippen LogP contribution in [0.2, 0.25) is 0 Å². The van der Waals surface area contributed by atoms with Crippen LogP contribution in [0.15, 0.2) is 36.7 Å². The molecule has 0 aliphatic carbocycles. The third-order valence-electron chi connectivity index (χ3n) is 2.25. The molecule has 102 valence electrons. The van der Waals surface area contributed by atoms with Crippen LogP contribution >= 0.6 is 0 Å². The first-order valence-electron chi connectivity index (χ1n) is 5.84. The molecule has 0 saturated carbocycles. The summed E-state index contributed by atoms with van der Waals surface area (Å²) in [7, 11) is 0. The van der Waals surface area contributed by atoms with Gasteiger partial charge in [-0.3, -0.25) is 19.6 Å². The molecule has 0 unspecified atom stereocenters. The minimum atomic E-state index is -0.413. The summed E-state index contributed by atoms with van der Waals surface area (Å²) in [6.45, 7) is 2.64. The van der Waals surface area contributed by atoms with Crippen molar-refractivity contribution in [1.82, 2.24) is 9.97 Å². The van der Waals surface area contributed by atoms with E-state index in [0.29, 0.717) is 22.9 Å². The number of aromatic nitrogens is 2. The molecule has 0 aromatic carbocycles. The number of rotatable bonds is 3. The summed E-state index contributed by atoms with van der Waals surface area (Å²) in [6, 6.07) is 6.31. The van der Waals surface area contributed by atoms with Crippen molar-refractivity contribution in [2.24, 2.45) is 0 Å². The van der Waals surface area contributed by atoms with Gasteiger partial charge >= 0.3 is 11.9 Å². The maximum absolute atomic E-state index is 10.9. The Morgan fingerprint density at radius 1 is 0.850 bits per heavy atom. The van der Waals surface area contributed by atoms with Gasteiger partial charge in [0.05, 0.1) is 11.4 Å². The van der Waals surface area contributed by atoms with Crippen LogP contribution in [0.25, 0.3) is 11.4 Å². The van der Waals surface area contributed by atoms with Gasteiger partial charge in [-0.2, -0.15) is 0 Å². The number of pyridine rings is 2. The third-order valence-corrected chi connectivity index (χ3v) is 2.25. The second-order valence-corrected chi connectivity index (χ2v) is 3.94. The zero-order valence-electron chi connectivity index (χ0n) is 11.0. The molecule has 0 aliphatic heterocycles. The van der Waals surface area contributed by atoms with Gasteiger partial charge in [0.2, 0.25) is 0 Å². The van der Waals surface area contributed by atoms with E-state index in [1.54, 1.807) is 24.3 Å². The van der Waals surface area contributed by atoms with E-state index in [2.05, 4.69) is 9.97 Å². The van der Waals surface area contributed by atoms with Crippen LogP contribution in [-0.2, 0) is 9.59 Å². The Morgan fingerprint density at radius 2 is 1.25 bits per heavy atom. The zero-order valence-corrected chi connectivity index (χ0v) is 11.0. The second-order valence-electron chi connectivity index (χ2n) is 3.94. The summed E-state index contributed by atoms with van der Waals surface area (Å²) in [4.78, 5) is 30.1. The molecule has 0 radical (unpaired) electrons. The number of hydrogen-bond acceptors (Lipinski definition) is 6. The lowest BCUT2D eigenvalue weighted by molar-refractivity contribution is -0.132. The number of carbonyl (C=O) groups excluding carboxylic acids is 2. The van der Waals surface area contributed by atoms with E-state index in [1.807, 2.05) is 0 Å². The molecule has 0 spiro atoms. The Bertz CT molecular complexity index is 598. The predicted molar refractivity (Wildman–Crippen MR) is 70.1 cm³/mol. The van der Waals surface area contributed by atoms with Crippen LogP contribution in [0, 0.1) is 0 Å². The Kier molecular flexibility index (Phi) is 4.05. The van der Waals surface area contributed by atoms with Gasteiger partial charge in [-0.25, -0.2) is 0 Å². The summed E-state index contributed by atoms with van der Waals surface area (Å²) in [5.41, 5.74) is 1.02. The minimum Gasteiger partial charge on any atom is -0.427 e. The highest BCUT2D eigenvalue weighted by Gasteiger charge is 2.07. The first-order valence-corrected chi connectivity index (χ1v) is 5.84. The van der Waals surface area contributed by atoms with Gasteiger partial charge in [-0.1, -0.05) is 0 Å². The summed E-state index contributed by atoms with van der Waals surface area (Å²) in [5, 5.41) is 0. The number of ether oxygens (including phenoxy) is 2. The summed E-state index contributed by atoms with van der Waals surface area (Å²) < 4.78 is 9.96. The Morgan fingerprint density at radius 3 is 1.60 bits per heavy atom. The molecule has 2 heterocycles. The normalized spacial score (nSPS) is 9.90.